The molecule has 1 aromatic heterocycles. The summed E-state index contributed by atoms with van der Waals surface area (Å²) in [7, 11) is 0. The van der Waals surface area contributed by atoms with Crippen LogP contribution in [0.15, 0.2) is 24.3 Å². The molecule has 5 heteroatoms. The van der Waals surface area contributed by atoms with Crippen LogP contribution in [0.2, 0.25) is 10.2 Å². The first-order chi connectivity index (χ1) is 7.58. The Kier molecular flexibility index (Phi) is 2.99. The maximum Gasteiger partial charge on any atom is 0.222 e. The Morgan fingerprint density at radius 2 is 1.69 bits per heavy atom. The van der Waals surface area contributed by atoms with Crippen LogP contribution < -0.4 is 5.73 Å². The summed E-state index contributed by atoms with van der Waals surface area (Å²) in [4.78, 5) is 8.06. The molecule has 0 spiro atoms. The van der Waals surface area contributed by atoms with Crippen molar-refractivity contribution < 1.29 is 0 Å². The Bertz CT molecular complexity index is 523. The van der Waals surface area contributed by atoms with E-state index in [9.17, 15) is 0 Å². The van der Waals surface area contributed by atoms with Crippen molar-refractivity contribution in [1.29, 1.82) is 0 Å². The molecule has 0 atom stereocenters. The molecule has 2 N–H and O–H groups in total. The fourth-order valence-corrected chi connectivity index (χ4v) is 1.70. The molecule has 0 saturated carbocycles. The quantitative estimate of drug-likeness (QED) is 0.794. The Morgan fingerprint density at radius 3 is 2.31 bits per heavy atom. The average molecular weight is 254 g/mol. The zero-order chi connectivity index (χ0) is 11.7. The minimum atomic E-state index is 0.167. The average Bonchev–Trinajstić information content (AvgIpc) is 2.25. The van der Waals surface area contributed by atoms with Crippen LogP contribution in [0.5, 0.6) is 0 Å². The topological polar surface area (TPSA) is 51.8 Å². The Morgan fingerprint density at radius 1 is 1.06 bits per heavy atom. The van der Waals surface area contributed by atoms with E-state index in [1.165, 1.54) is 0 Å². The zero-order valence-corrected chi connectivity index (χ0v) is 10.0. The molecule has 0 fully saturated rings. The third kappa shape index (κ3) is 2.10. The molecule has 0 bridgehead atoms. The lowest BCUT2D eigenvalue weighted by Gasteiger charge is -2.07. The highest BCUT2D eigenvalue weighted by molar-refractivity contribution is 6.31. The summed E-state index contributed by atoms with van der Waals surface area (Å²) in [6.45, 7) is 1.85. The maximum absolute atomic E-state index is 5.94. The number of hydrogen-bond donors (Lipinski definition) is 1. The molecule has 0 unspecified atom stereocenters. The van der Waals surface area contributed by atoms with E-state index in [0.29, 0.717) is 10.2 Å². The van der Waals surface area contributed by atoms with E-state index in [2.05, 4.69) is 9.97 Å². The Labute approximate surface area is 103 Å². The van der Waals surface area contributed by atoms with E-state index in [-0.39, 0.29) is 5.95 Å². The van der Waals surface area contributed by atoms with E-state index in [0.717, 1.165) is 16.8 Å². The van der Waals surface area contributed by atoms with Gasteiger partial charge in [0.15, 0.2) is 0 Å². The highest BCUT2D eigenvalue weighted by atomic mass is 35.5. The number of benzene rings is 1. The molecule has 2 rings (SSSR count). The molecule has 1 aromatic carbocycles. The molecule has 2 aromatic rings. The van der Waals surface area contributed by atoms with Crippen molar-refractivity contribution in [3.63, 3.8) is 0 Å². The second-order valence-electron chi connectivity index (χ2n) is 3.35. The van der Waals surface area contributed by atoms with Crippen LogP contribution in [0.25, 0.3) is 11.3 Å². The number of halogens is 2. The minimum Gasteiger partial charge on any atom is -0.368 e. The van der Waals surface area contributed by atoms with Gasteiger partial charge in [0.1, 0.15) is 5.15 Å². The van der Waals surface area contributed by atoms with Gasteiger partial charge in [0.25, 0.3) is 0 Å². The summed E-state index contributed by atoms with van der Waals surface area (Å²) in [6, 6.07) is 7.33. The second kappa shape index (κ2) is 4.28. The van der Waals surface area contributed by atoms with Gasteiger partial charge < -0.3 is 5.73 Å². The largest absolute Gasteiger partial charge is 0.368 e. The van der Waals surface area contributed by atoms with Gasteiger partial charge in [-0.2, -0.15) is 0 Å². The highest BCUT2D eigenvalue weighted by Crippen LogP contribution is 2.27. The van der Waals surface area contributed by atoms with E-state index in [1.807, 2.05) is 19.1 Å². The van der Waals surface area contributed by atoms with Gasteiger partial charge in [0.05, 0.1) is 5.69 Å². The van der Waals surface area contributed by atoms with Crippen molar-refractivity contribution in [3.8, 4) is 11.3 Å². The fraction of sp³-hybridized carbons (Fsp3) is 0.0909. The molecule has 3 nitrogen and oxygen atoms in total. The number of rotatable bonds is 1. The monoisotopic (exact) mass is 253 g/mol. The van der Waals surface area contributed by atoms with Crippen LogP contribution in [0, 0.1) is 6.92 Å². The normalized spacial score (nSPS) is 10.4. The van der Waals surface area contributed by atoms with Crippen LogP contribution >= 0.6 is 23.2 Å². The van der Waals surface area contributed by atoms with Crippen molar-refractivity contribution in [2.24, 2.45) is 0 Å². The Hall–Kier alpha value is -1.32. The maximum atomic E-state index is 5.94. The van der Waals surface area contributed by atoms with Crippen LogP contribution in [0.4, 0.5) is 5.95 Å². The van der Waals surface area contributed by atoms with Gasteiger partial charge in [-0.1, -0.05) is 35.3 Å². The van der Waals surface area contributed by atoms with Crippen LogP contribution in [0.1, 0.15) is 5.56 Å². The summed E-state index contributed by atoms with van der Waals surface area (Å²) in [5.74, 6) is 0.167. The predicted octanol–water partition coefficient (Wildman–Crippen LogP) is 3.34. The molecule has 16 heavy (non-hydrogen) atoms. The number of nitrogens with two attached hydrogens (primary N) is 1. The minimum absolute atomic E-state index is 0.167. The van der Waals surface area contributed by atoms with Gasteiger partial charge in [-0.25, -0.2) is 9.97 Å². The third-order valence-electron chi connectivity index (χ3n) is 2.22. The number of hydrogen-bond acceptors (Lipinski definition) is 3. The SMILES string of the molecule is Cc1c(Cl)nc(N)nc1-c1ccc(Cl)cc1. The van der Waals surface area contributed by atoms with Gasteiger partial charge in [-0.05, 0) is 19.1 Å². The molecular formula is C11H9Cl2N3. The van der Waals surface area contributed by atoms with E-state index < -0.39 is 0 Å². The molecule has 82 valence electrons. The van der Waals surface area contributed by atoms with Crippen molar-refractivity contribution in [2.45, 2.75) is 6.92 Å². The van der Waals surface area contributed by atoms with Gasteiger partial charge in [0, 0.05) is 16.1 Å². The molecule has 0 aliphatic heterocycles. The first-order valence-corrected chi connectivity index (χ1v) is 5.39. The highest BCUT2D eigenvalue weighted by Gasteiger charge is 2.09. The zero-order valence-electron chi connectivity index (χ0n) is 8.54. The summed E-state index contributed by atoms with van der Waals surface area (Å²) < 4.78 is 0. The summed E-state index contributed by atoms with van der Waals surface area (Å²) >= 11 is 11.8. The first kappa shape index (κ1) is 11.2. The number of aromatic nitrogens is 2. The van der Waals surface area contributed by atoms with Crippen LogP contribution in [-0.2, 0) is 0 Å². The summed E-state index contributed by atoms with van der Waals surface area (Å²) in [5, 5.41) is 1.05. The summed E-state index contributed by atoms with van der Waals surface area (Å²) in [5.41, 5.74) is 8.01. The molecular weight excluding hydrogens is 245 g/mol. The van der Waals surface area contributed by atoms with E-state index in [1.54, 1.807) is 12.1 Å². The number of nitrogens with zero attached hydrogens (tertiary/aromatic N) is 2. The lowest BCUT2D eigenvalue weighted by atomic mass is 10.1. The van der Waals surface area contributed by atoms with Crippen molar-refractivity contribution in [3.05, 3.63) is 40.0 Å². The van der Waals surface area contributed by atoms with Crippen molar-refractivity contribution in [1.82, 2.24) is 9.97 Å². The molecule has 0 radical (unpaired) electrons. The van der Waals surface area contributed by atoms with Gasteiger partial charge >= 0.3 is 0 Å². The molecule has 0 aliphatic carbocycles. The number of nitrogen functional groups attached to an aromatic ring is 1. The second-order valence-corrected chi connectivity index (χ2v) is 4.15. The molecule has 1 heterocycles. The van der Waals surface area contributed by atoms with E-state index in [4.69, 9.17) is 28.9 Å². The predicted molar refractivity (Wildman–Crippen MR) is 66.6 cm³/mol. The van der Waals surface area contributed by atoms with Crippen molar-refractivity contribution >= 4 is 29.2 Å². The summed E-state index contributed by atoms with van der Waals surface area (Å²) in [6.07, 6.45) is 0. The van der Waals surface area contributed by atoms with Gasteiger partial charge in [0.2, 0.25) is 5.95 Å². The van der Waals surface area contributed by atoms with Gasteiger partial charge in [-0.15, -0.1) is 0 Å². The lowest BCUT2D eigenvalue weighted by molar-refractivity contribution is 1.15. The first-order valence-electron chi connectivity index (χ1n) is 4.63. The van der Waals surface area contributed by atoms with Crippen LogP contribution in [-0.4, -0.2) is 9.97 Å². The smallest absolute Gasteiger partial charge is 0.222 e. The molecule has 0 aliphatic rings. The lowest BCUT2D eigenvalue weighted by Crippen LogP contribution is -1.99. The van der Waals surface area contributed by atoms with Crippen molar-refractivity contribution in [2.75, 3.05) is 5.73 Å². The van der Waals surface area contributed by atoms with Gasteiger partial charge in [-0.3, -0.25) is 0 Å². The standard InChI is InChI=1S/C11H9Cl2N3/c1-6-9(15-11(14)16-10(6)13)7-2-4-8(12)5-3-7/h2-5H,1H3,(H2,14,15,16). The fourth-order valence-electron chi connectivity index (χ4n) is 1.39. The van der Waals surface area contributed by atoms with Crippen LogP contribution in [0.3, 0.4) is 0 Å². The number of anilines is 1. The molecule has 0 amide bonds. The molecule has 0 saturated heterocycles. The van der Waals surface area contributed by atoms with E-state index >= 15 is 0 Å². The third-order valence-corrected chi connectivity index (χ3v) is 2.84. The Balaban J connectivity index is 2.59.